The molecule has 3 rings (SSSR count). The Labute approximate surface area is 138 Å². The molecule has 0 saturated carbocycles. The monoisotopic (exact) mass is 352 g/mol. The van der Waals surface area contributed by atoms with Gasteiger partial charge in [0.15, 0.2) is 10.9 Å². The Kier molecular flexibility index (Phi) is 4.79. The van der Waals surface area contributed by atoms with Crippen molar-refractivity contribution in [1.82, 2.24) is 19.5 Å². The molecule has 7 nitrogen and oxygen atoms in total. The first-order valence-corrected chi connectivity index (χ1v) is 9.61. The summed E-state index contributed by atoms with van der Waals surface area (Å²) in [4.78, 5) is 16.3. The van der Waals surface area contributed by atoms with Crippen molar-refractivity contribution in [2.45, 2.75) is 22.9 Å². The highest BCUT2D eigenvalue weighted by atomic mass is 32.2. The molecule has 0 spiro atoms. The maximum absolute atomic E-state index is 12.4. The van der Waals surface area contributed by atoms with E-state index in [4.69, 9.17) is 0 Å². The van der Waals surface area contributed by atoms with Gasteiger partial charge < -0.3 is 0 Å². The van der Waals surface area contributed by atoms with Crippen LogP contribution in [0.15, 0.2) is 40.6 Å². The van der Waals surface area contributed by atoms with Crippen LogP contribution in [0.5, 0.6) is 0 Å². The molecule has 2 heterocycles. The number of benzene rings is 1. The van der Waals surface area contributed by atoms with E-state index < -0.39 is 10.0 Å². The summed E-state index contributed by atoms with van der Waals surface area (Å²) in [7, 11) is -3.44. The number of thioether (sulfide) groups is 1. The SMILES string of the molecule is O=C(CSc1ncn[nH]1)c1ccc(S(=O)(=O)N2CCCC2)cc1. The van der Waals surface area contributed by atoms with Crippen molar-refractivity contribution < 1.29 is 13.2 Å². The molecule has 9 heteroatoms. The Balaban J connectivity index is 1.67. The lowest BCUT2D eigenvalue weighted by Gasteiger charge is -2.15. The summed E-state index contributed by atoms with van der Waals surface area (Å²) in [6.07, 6.45) is 3.17. The summed E-state index contributed by atoms with van der Waals surface area (Å²) in [6, 6.07) is 6.12. The summed E-state index contributed by atoms with van der Waals surface area (Å²) in [5.41, 5.74) is 0.484. The molecule has 1 N–H and O–H groups in total. The standard InChI is InChI=1S/C14H16N4O3S2/c19-13(9-22-14-15-10-16-17-14)11-3-5-12(6-4-11)23(20,21)18-7-1-2-8-18/h3-6,10H,1-2,7-9H2,(H,15,16,17). The highest BCUT2D eigenvalue weighted by Gasteiger charge is 2.27. The number of nitrogens with zero attached hydrogens (tertiary/aromatic N) is 3. The number of Topliss-reactive ketones (excluding diaryl/α,β-unsaturated/α-hetero) is 1. The maximum Gasteiger partial charge on any atom is 0.243 e. The minimum absolute atomic E-state index is 0.0866. The van der Waals surface area contributed by atoms with E-state index in [1.54, 1.807) is 12.1 Å². The van der Waals surface area contributed by atoms with Crippen LogP contribution < -0.4 is 0 Å². The van der Waals surface area contributed by atoms with Gasteiger partial charge in [-0.15, -0.1) is 0 Å². The number of carbonyl (C=O) groups excluding carboxylic acids is 1. The van der Waals surface area contributed by atoms with E-state index in [9.17, 15) is 13.2 Å². The molecule has 0 radical (unpaired) electrons. The van der Waals surface area contributed by atoms with E-state index in [2.05, 4.69) is 15.2 Å². The minimum Gasteiger partial charge on any atom is -0.293 e. The van der Waals surface area contributed by atoms with Gasteiger partial charge in [-0.3, -0.25) is 9.89 Å². The highest BCUT2D eigenvalue weighted by molar-refractivity contribution is 7.99. The number of hydrogen-bond acceptors (Lipinski definition) is 6. The summed E-state index contributed by atoms with van der Waals surface area (Å²) in [5.74, 6) is 0.129. The molecule has 23 heavy (non-hydrogen) atoms. The summed E-state index contributed by atoms with van der Waals surface area (Å²) < 4.78 is 26.3. The molecule has 0 bridgehead atoms. The Morgan fingerprint density at radius 1 is 1.22 bits per heavy atom. The van der Waals surface area contributed by atoms with Crippen molar-refractivity contribution >= 4 is 27.6 Å². The Morgan fingerprint density at radius 2 is 1.91 bits per heavy atom. The number of sulfonamides is 1. The molecule has 0 unspecified atom stereocenters. The average Bonchev–Trinajstić information content (AvgIpc) is 3.26. The highest BCUT2D eigenvalue weighted by Crippen LogP contribution is 2.21. The van der Waals surface area contributed by atoms with Crippen molar-refractivity contribution in [2.75, 3.05) is 18.8 Å². The topological polar surface area (TPSA) is 96.0 Å². The molecule has 1 fully saturated rings. The van der Waals surface area contributed by atoms with Gasteiger partial charge in [0.25, 0.3) is 0 Å². The molecule has 1 aromatic carbocycles. The summed E-state index contributed by atoms with van der Waals surface area (Å²) in [6.45, 7) is 1.13. The van der Waals surface area contributed by atoms with Gasteiger partial charge in [-0.1, -0.05) is 23.9 Å². The fraction of sp³-hybridized carbons (Fsp3) is 0.357. The van der Waals surface area contributed by atoms with Gasteiger partial charge in [-0.25, -0.2) is 13.4 Å². The largest absolute Gasteiger partial charge is 0.293 e. The molecule has 0 atom stereocenters. The zero-order chi connectivity index (χ0) is 16.3. The van der Waals surface area contributed by atoms with Gasteiger partial charge >= 0.3 is 0 Å². The van der Waals surface area contributed by atoms with E-state index in [-0.39, 0.29) is 16.4 Å². The van der Waals surface area contributed by atoms with Crippen molar-refractivity contribution in [3.05, 3.63) is 36.2 Å². The first-order valence-electron chi connectivity index (χ1n) is 7.19. The number of rotatable bonds is 6. The lowest BCUT2D eigenvalue weighted by atomic mass is 10.1. The van der Waals surface area contributed by atoms with Crippen LogP contribution in [0.3, 0.4) is 0 Å². The molecule has 1 aromatic heterocycles. The lowest BCUT2D eigenvalue weighted by Crippen LogP contribution is -2.27. The Hall–Kier alpha value is -1.71. The number of ketones is 1. The van der Waals surface area contributed by atoms with Crippen molar-refractivity contribution in [3.63, 3.8) is 0 Å². The second-order valence-electron chi connectivity index (χ2n) is 5.14. The quantitative estimate of drug-likeness (QED) is 0.626. The molecule has 0 aliphatic carbocycles. The van der Waals surface area contributed by atoms with Gasteiger partial charge in [-0.2, -0.15) is 9.40 Å². The number of aromatic nitrogens is 3. The van der Waals surface area contributed by atoms with Gasteiger partial charge in [0.2, 0.25) is 10.0 Å². The van der Waals surface area contributed by atoms with Crippen molar-refractivity contribution in [1.29, 1.82) is 0 Å². The molecule has 2 aromatic rings. The number of hydrogen-bond donors (Lipinski definition) is 1. The van der Waals surface area contributed by atoms with E-state index >= 15 is 0 Å². The number of carbonyl (C=O) groups is 1. The fourth-order valence-corrected chi connectivity index (χ4v) is 4.56. The molecular formula is C14H16N4O3S2. The average molecular weight is 352 g/mol. The van der Waals surface area contributed by atoms with E-state index in [1.807, 2.05) is 0 Å². The van der Waals surface area contributed by atoms with Crippen LogP contribution in [0, 0.1) is 0 Å². The van der Waals surface area contributed by atoms with Crippen molar-refractivity contribution in [2.24, 2.45) is 0 Å². The van der Waals surface area contributed by atoms with E-state index in [0.717, 1.165) is 12.8 Å². The van der Waals surface area contributed by atoms with Crippen LogP contribution in [0.2, 0.25) is 0 Å². The Bertz CT molecular complexity index is 767. The molecule has 1 aliphatic rings. The third-order valence-corrected chi connectivity index (χ3v) is 6.40. The third-order valence-electron chi connectivity index (χ3n) is 3.61. The third kappa shape index (κ3) is 3.62. The second kappa shape index (κ2) is 6.81. The zero-order valence-electron chi connectivity index (χ0n) is 12.3. The molecule has 122 valence electrons. The fourth-order valence-electron chi connectivity index (χ4n) is 2.37. The van der Waals surface area contributed by atoms with Crippen LogP contribution in [-0.2, 0) is 10.0 Å². The van der Waals surface area contributed by atoms with Gasteiger partial charge in [0.05, 0.1) is 10.6 Å². The van der Waals surface area contributed by atoms with Gasteiger partial charge in [0, 0.05) is 18.7 Å². The summed E-state index contributed by atoms with van der Waals surface area (Å²) in [5, 5.41) is 6.95. The Morgan fingerprint density at radius 3 is 2.52 bits per heavy atom. The normalized spacial score (nSPS) is 15.8. The predicted octanol–water partition coefficient (Wildman–Crippen LogP) is 1.56. The molecule has 1 aliphatic heterocycles. The van der Waals surface area contributed by atoms with E-state index in [0.29, 0.717) is 23.8 Å². The smallest absolute Gasteiger partial charge is 0.243 e. The van der Waals surface area contributed by atoms with Crippen molar-refractivity contribution in [3.8, 4) is 0 Å². The first kappa shape index (κ1) is 16.2. The minimum atomic E-state index is -3.44. The van der Waals surface area contributed by atoms with Crippen LogP contribution in [0.4, 0.5) is 0 Å². The number of aromatic amines is 1. The lowest BCUT2D eigenvalue weighted by molar-refractivity contribution is 0.102. The molecule has 1 saturated heterocycles. The first-order chi connectivity index (χ1) is 11.1. The van der Waals surface area contributed by atoms with Crippen LogP contribution in [0.1, 0.15) is 23.2 Å². The van der Waals surface area contributed by atoms with Crippen LogP contribution in [0.25, 0.3) is 0 Å². The van der Waals surface area contributed by atoms with Gasteiger partial charge in [0.1, 0.15) is 6.33 Å². The predicted molar refractivity (Wildman–Crippen MR) is 85.9 cm³/mol. The van der Waals surface area contributed by atoms with Gasteiger partial charge in [-0.05, 0) is 25.0 Å². The van der Waals surface area contributed by atoms with Crippen LogP contribution >= 0.6 is 11.8 Å². The van der Waals surface area contributed by atoms with Crippen LogP contribution in [-0.4, -0.2) is 52.5 Å². The second-order valence-corrected chi connectivity index (χ2v) is 8.04. The number of nitrogens with one attached hydrogen (secondary N) is 1. The molecular weight excluding hydrogens is 336 g/mol. The zero-order valence-corrected chi connectivity index (χ0v) is 13.9. The van der Waals surface area contributed by atoms with E-state index in [1.165, 1.54) is 34.5 Å². The number of H-pyrrole nitrogens is 1. The summed E-state index contributed by atoms with van der Waals surface area (Å²) >= 11 is 1.25. The maximum atomic E-state index is 12.4. The molecule has 0 amide bonds.